The number of hydrogen-bond acceptors (Lipinski definition) is 2. The van der Waals surface area contributed by atoms with E-state index in [0.29, 0.717) is 0 Å². The Morgan fingerprint density at radius 3 is 1.92 bits per heavy atom. The van der Waals surface area contributed by atoms with E-state index in [1.807, 2.05) is 0 Å². The van der Waals surface area contributed by atoms with Gasteiger partial charge in [-0.25, -0.2) is 0 Å². The molecule has 0 aromatic carbocycles. The Kier molecular flexibility index (Phi) is 7.69. The van der Waals surface area contributed by atoms with Crippen molar-refractivity contribution in [3.05, 3.63) is 0 Å². The van der Waals surface area contributed by atoms with Gasteiger partial charge >= 0.3 is 5.97 Å². The van der Waals surface area contributed by atoms with Crippen molar-refractivity contribution in [3.8, 4) is 0 Å². The summed E-state index contributed by atoms with van der Waals surface area (Å²) < 4.78 is 0. The molecule has 0 saturated carbocycles. The van der Waals surface area contributed by atoms with Gasteiger partial charge < -0.3 is 10.0 Å². The number of aliphatic carboxylic acids is 1. The molecule has 0 aliphatic carbocycles. The summed E-state index contributed by atoms with van der Waals surface area (Å²) in [6.07, 6.45) is 4.53. The highest BCUT2D eigenvalue weighted by Gasteiger charge is 2.05. The van der Waals surface area contributed by atoms with Gasteiger partial charge in [0.1, 0.15) is 0 Å². The third-order valence-electron chi connectivity index (χ3n) is 2.20. The van der Waals surface area contributed by atoms with Crippen LogP contribution in [0, 0.1) is 0 Å². The monoisotopic (exact) mass is 187 g/mol. The first-order chi connectivity index (χ1) is 6.20. The first-order valence-corrected chi connectivity index (χ1v) is 5.14. The second kappa shape index (κ2) is 8.05. The molecule has 0 bridgehead atoms. The lowest BCUT2D eigenvalue weighted by atomic mass is 10.1. The third kappa shape index (κ3) is 7.78. The number of piperidine rings is 1. The number of nitrogens with zero attached hydrogens (tertiary/aromatic N) is 1. The minimum absolute atomic E-state index is 0.222. The van der Waals surface area contributed by atoms with Gasteiger partial charge in [0.15, 0.2) is 0 Å². The molecule has 0 spiro atoms. The normalized spacial score (nSPS) is 17.4. The van der Waals surface area contributed by atoms with E-state index in [1.54, 1.807) is 6.92 Å². The summed E-state index contributed by atoms with van der Waals surface area (Å²) in [7, 11) is 0. The van der Waals surface area contributed by atoms with Crippen molar-refractivity contribution in [2.45, 2.75) is 39.5 Å². The summed E-state index contributed by atoms with van der Waals surface area (Å²) in [6.45, 7) is 7.78. The zero-order valence-corrected chi connectivity index (χ0v) is 8.75. The molecule has 1 N–H and O–H groups in total. The second-order valence-electron chi connectivity index (χ2n) is 3.24. The predicted octanol–water partition coefficient (Wildman–Crippen LogP) is 1.97. The quantitative estimate of drug-likeness (QED) is 0.718. The van der Waals surface area contributed by atoms with Crippen molar-refractivity contribution >= 4 is 5.97 Å². The highest BCUT2D eigenvalue weighted by Crippen LogP contribution is 2.06. The highest BCUT2D eigenvalue weighted by atomic mass is 16.4. The van der Waals surface area contributed by atoms with Gasteiger partial charge in [0.25, 0.3) is 0 Å². The van der Waals surface area contributed by atoms with E-state index in [9.17, 15) is 4.79 Å². The number of carbonyl (C=O) groups is 1. The van der Waals surface area contributed by atoms with Crippen LogP contribution in [0.15, 0.2) is 0 Å². The molecular weight excluding hydrogens is 166 g/mol. The van der Waals surface area contributed by atoms with Crippen LogP contribution in [0.5, 0.6) is 0 Å². The number of likely N-dealkylation sites (tertiary alicyclic amines) is 1. The molecule has 3 heteroatoms. The molecule has 0 radical (unpaired) electrons. The molecule has 1 heterocycles. The first-order valence-electron chi connectivity index (χ1n) is 5.14. The molecule has 0 unspecified atom stereocenters. The average Bonchev–Trinajstić information content (AvgIpc) is 2.20. The summed E-state index contributed by atoms with van der Waals surface area (Å²) >= 11 is 0. The Labute approximate surface area is 80.7 Å². The van der Waals surface area contributed by atoms with Crippen molar-refractivity contribution in [2.75, 3.05) is 19.6 Å². The molecule has 0 aromatic rings. The van der Waals surface area contributed by atoms with E-state index in [0.717, 1.165) is 0 Å². The lowest BCUT2D eigenvalue weighted by Gasteiger charge is -2.24. The molecule has 1 fully saturated rings. The Bertz CT molecular complexity index is 131. The van der Waals surface area contributed by atoms with E-state index in [1.165, 1.54) is 38.9 Å². The molecule has 3 nitrogen and oxygen atoms in total. The molecule has 0 aromatic heterocycles. The molecule has 1 rings (SSSR count). The molecule has 0 atom stereocenters. The van der Waals surface area contributed by atoms with Gasteiger partial charge in [0.2, 0.25) is 0 Å². The third-order valence-corrected chi connectivity index (χ3v) is 2.20. The van der Waals surface area contributed by atoms with E-state index >= 15 is 0 Å². The summed E-state index contributed by atoms with van der Waals surface area (Å²) in [4.78, 5) is 11.9. The maximum Gasteiger partial charge on any atom is 0.303 e. The van der Waals surface area contributed by atoms with Crippen molar-refractivity contribution in [1.29, 1.82) is 0 Å². The second-order valence-corrected chi connectivity index (χ2v) is 3.24. The fourth-order valence-electron chi connectivity index (χ4n) is 1.28. The fraction of sp³-hybridized carbons (Fsp3) is 0.900. The van der Waals surface area contributed by atoms with Crippen LogP contribution in [0.4, 0.5) is 0 Å². The molecule has 1 saturated heterocycles. The number of hydrogen-bond donors (Lipinski definition) is 1. The van der Waals surface area contributed by atoms with Crippen LogP contribution >= 0.6 is 0 Å². The number of carboxylic acids is 1. The summed E-state index contributed by atoms with van der Waals surface area (Å²) in [6, 6.07) is 0. The van der Waals surface area contributed by atoms with Gasteiger partial charge in [-0.05, 0) is 32.5 Å². The van der Waals surface area contributed by atoms with Crippen LogP contribution in [0.1, 0.15) is 39.5 Å². The molecule has 1 aliphatic heterocycles. The molecular formula is C10H21NO2. The van der Waals surface area contributed by atoms with Gasteiger partial charge in [-0.2, -0.15) is 0 Å². The van der Waals surface area contributed by atoms with Crippen LogP contribution < -0.4 is 0 Å². The predicted molar refractivity (Wildman–Crippen MR) is 53.9 cm³/mol. The molecule has 0 amide bonds. The number of rotatable bonds is 2. The number of carboxylic acid groups (broad SMARTS) is 1. The summed E-state index contributed by atoms with van der Waals surface area (Å²) in [5.74, 6) is -0.745. The first kappa shape index (κ1) is 12.4. The van der Waals surface area contributed by atoms with Crippen LogP contribution in [-0.4, -0.2) is 35.6 Å². The van der Waals surface area contributed by atoms with Gasteiger partial charge in [-0.3, -0.25) is 4.79 Å². The van der Waals surface area contributed by atoms with Crippen LogP contribution in [-0.2, 0) is 4.79 Å². The van der Waals surface area contributed by atoms with E-state index in [-0.39, 0.29) is 6.42 Å². The van der Waals surface area contributed by atoms with E-state index < -0.39 is 5.97 Å². The molecule has 13 heavy (non-hydrogen) atoms. The van der Waals surface area contributed by atoms with Crippen LogP contribution in [0.3, 0.4) is 0 Å². The maximum atomic E-state index is 9.37. The topological polar surface area (TPSA) is 40.5 Å². The summed E-state index contributed by atoms with van der Waals surface area (Å²) in [5, 5.41) is 7.72. The van der Waals surface area contributed by atoms with Crippen molar-refractivity contribution < 1.29 is 9.90 Å². The Morgan fingerprint density at radius 1 is 1.23 bits per heavy atom. The van der Waals surface area contributed by atoms with E-state index in [2.05, 4.69) is 11.8 Å². The minimum atomic E-state index is -0.745. The van der Waals surface area contributed by atoms with Crippen molar-refractivity contribution in [2.24, 2.45) is 0 Å². The van der Waals surface area contributed by atoms with Crippen molar-refractivity contribution in [1.82, 2.24) is 4.90 Å². The maximum absolute atomic E-state index is 9.37. The average molecular weight is 187 g/mol. The van der Waals surface area contributed by atoms with Crippen LogP contribution in [0.2, 0.25) is 0 Å². The van der Waals surface area contributed by atoms with Crippen LogP contribution in [0.25, 0.3) is 0 Å². The van der Waals surface area contributed by atoms with Gasteiger partial charge in [0.05, 0.1) is 0 Å². The summed E-state index contributed by atoms with van der Waals surface area (Å²) in [5.41, 5.74) is 0. The Hall–Kier alpha value is -0.570. The van der Waals surface area contributed by atoms with E-state index in [4.69, 9.17) is 5.11 Å². The van der Waals surface area contributed by atoms with Gasteiger partial charge in [-0.1, -0.05) is 20.3 Å². The lowest BCUT2D eigenvalue weighted by Crippen LogP contribution is -2.29. The van der Waals surface area contributed by atoms with Gasteiger partial charge in [0, 0.05) is 6.42 Å². The smallest absolute Gasteiger partial charge is 0.303 e. The fourth-order valence-corrected chi connectivity index (χ4v) is 1.28. The molecule has 1 aliphatic rings. The lowest BCUT2D eigenvalue weighted by molar-refractivity contribution is -0.136. The Balaban J connectivity index is 0.000000252. The minimum Gasteiger partial charge on any atom is -0.481 e. The Morgan fingerprint density at radius 2 is 1.69 bits per heavy atom. The highest BCUT2D eigenvalue weighted by molar-refractivity contribution is 5.66. The SMILES string of the molecule is CCC(=O)O.CCN1CCCCC1. The van der Waals surface area contributed by atoms with Gasteiger partial charge in [-0.15, -0.1) is 0 Å². The van der Waals surface area contributed by atoms with Crippen molar-refractivity contribution in [3.63, 3.8) is 0 Å². The zero-order valence-electron chi connectivity index (χ0n) is 8.75. The zero-order chi connectivity index (χ0) is 10.1. The molecule has 78 valence electrons. The standard InChI is InChI=1S/C7H15N.C3H6O2/c1-2-8-6-4-3-5-7-8;1-2-3(4)5/h2-7H2,1H3;2H2,1H3,(H,4,5). The largest absolute Gasteiger partial charge is 0.481 e.